The lowest BCUT2D eigenvalue weighted by atomic mass is 10.2. The van der Waals surface area contributed by atoms with Gasteiger partial charge in [0.1, 0.15) is 4.90 Å². The van der Waals surface area contributed by atoms with E-state index in [4.69, 9.17) is 4.55 Å². The second kappa shape index (κ2) is 3.79. The van der Waals surface area contributed by atoms with E-state index in [9.17, 15) is 18.0 Å². The van der Waals surface area contributed by atoms with E-state index in [-0.39, 0.29) is 10.9 Å². The zero-order chi connectivity index (χ0) is 13.7. The predicted molar refractivity (Wildman–Crippen MR) is 64.2 cm³/mol. The van der Waals surface area contributed by atoms with Crippen molar-refractivity contribution in [2.75, 3.05) is 0 Å². The molecule has 0 fully saturated rings. The summed E-state index contributed by atoms with van der Waals surface area (Å²) in [6.07, 6.45) is 0. The van der Waals surface area contributed by atoms with Gasteiger partial charge in [-0.15, -0.1) is 0 Å². The number of nitrogens with zero attached hydrogens (tertiary/aromatic N) is 2. The average Bonchev–Trinajstić information content (AvgIpc) is 2.31. The van der Waals surface area contributed by atoms with Gasteiger partial charge in [-0.25, -0.2) is 4.79 Å². The SMILES string of the molecule is Cn1c(=O)c2c(S(=O)(=O)O)cccc2n(C)c1=O. The molecule has 0 radical (unpaired) electrons. The van der Waals surface area contributed by atoms with Crippen molar-refractivity contribution in [1.29, 1.82) is 0 Å². The van der Waals surface area contributed by atoms with Crippen molar-refractivity contribution in [3.8, 4) is 0 Å². The first-order valence-electron chi connectivity index (χ1n) is 4.91. The summed E-state index contributed by atoms with van der Waals surface area (Å²) in [4.78, 5) is 23.1. The molecule has 1 heterocycles. The van der Waals surface area contributed by atoms with Gasteiger partial charge in [-0.05, 0) is 12.1 Å². The van der Waals surface area contributed by atoms with Gasteiger partial charge < -0.3 is 0 Å². The van der Waals surface area contributed by atoms with Crippen LogP contribution in [0.3, 0.4) is 0 Å². The van der Waals surface area contributed by atoms with Crippen LogP contribution in [0.25, 0.3) is 10.9 Å². The Kier molecular flexibility index (Phi) is 2.63. The minimum Gasteiger partial charge on any atom is -0.296 e. The molecule has 0 amide bonds. The highest BCUT2D eigenvalue weighted by Gasteiger charge is 2.19. The lowest BCUT2D eigenvalue weighted by Crippen LogP contribution is -2.37. The van der Waals surface area contributed by atoms with Gasteiger partial charge in [-0.1, -0.05) is 6.07 Å². The van der Waals surface area contributed by atoms with Crippen molar-refractivity contribution >= 4 is 21.0 Å². The predicted octanol–water partition coefficient (Wildman–Crippen LogP) is -0.516. The van der Waals surface area contributed by atoms with Crippen LogP contribution in [0.15, 0.2) is 32.7 Å². The number of rotatable bonds is 1. The monoisotopic (exact) mass is 270 g/mol. The lowest BCUT2D eigenvalue weighted by Gasteiger charge is -2.09. The van der Waals surface area contributed by atoms with Gasteiger partial charge in [0.25, 0.3) is 15.7 Å². The van der Waals surface area contributed by atoms with E-state index in [0.717, 1.165) is 15.2 Å². The first-order chi connectivity index (χ1) is 8.25. The fraction of sp³-hybridized carbons (Fsp3) is 0.200. The second-order valence-corrected chi connectivity index (χ2v) is 5.22. The number of hydrogen-bond acceptors (Lipinski definition) is 4. The van der Waals surface area contributed by atoms with Gasteiger partial charge in [-0.2, -0.15) is 8.42 Å². The van der Waals surface area contributed by atoms with Crippen molar-refractivity contribution in [3.63, 3.8) is 0 Å². The van der Waals surface area contributed by atoms with Gasteiger partial charge in [-0.3, -0.25) is 18.5 Å². The molecule has 8 heteroatoms. The first-order valence-corrected chi connectivity index (χ1v) is 6.35. The second-order valence-electron chi connectivity index (χ2n) is 3.83. The Morgan fingerprint density at radius 1 is 1.11 bits per heavy atom. The maximum absolute atomic E-state index is 11.9. The molecule has 18 heavy (non-hydrogen) atoms. The maximum Gasteiger partial charge on any atom is 0.330 e. The number of hydrogen-bond donors (Lipinski definition) is 1. The molecule has 1 aromatic heterocycles. The Balaban J connectivity index is 3.24. The summed E-state index contributed by atoms with van der Waals surface area (Å²) in [6, 6.07) is 3.90. The fourth-order valence-corrected chi connectivity index (χ4v) is 2.51. The Morgan fingerprint density at radius 2 is 1.72 bits per heavy atom. The molecule has 2 rings (SSSR count). The van der Waals surface area contributed by atoms with Gasteiger partial charge in [0.15, 0.2) is 0 Å². The van der Waals surface area contributed by atoms with Crippen LogP contribution in [0.1, 0.15) is 0 Å². The minimum absolute atomic E-state index is 0.151. The van der Waals surface area contributed by atoms with E-state index < -0.39 is 26.3 Å². The van der Waals surface area contributed by atoms with Gasteiger partial charge in [0.2, 0.25) is 0 Å². The zero-order valence-corrected chi connectivity index (χ0v) is 10.4. The average molecular weight is 270 g/mol. The molecule has 96 valence electrons. The summed E-state index contributed by atoms with van der Waals surface area (Å²) < 4.78 is 33.5. The highest BCUT2D eigenvalue weighted by Crippen LogP contribution is 2.17. The highest BCUT2D eigenvalue weighted by atomic mass is 32.2. The van der Waals surface area contributed by atoms with E-state index >= 15 is 0 Å². The molecule has 0 unspecified atom stereocenters. The Hall–Kier alpha value is -1.93. The van der Waals surface area contributed by atoms with Crippen LogP contribution >= 0.6 is 0 Å². The van der Waals surface area contributed by atoms with Crippen LogP contribution in [0.4, 0.5) is 0 Å². The van der Waals surface area contributed by atoms with Crippen LogP contribution < -0.4 is 11.2 Å². The molecule has 1 aromatic carbocycles. The molecular formula is C10H10N2O5S. The third kappa shape index (κ3) is 1.66. The van der Waals surface area contributed by atoms with Gasteiger partial charge in [0.05, 0.1) is 10.9 Å². The Morgan fingerprint density at radius 3 is 2.28 bits per heavy atom. The smallest absolute Gasteiger partial charge is 0.296 e. The van der Waals surface area contributed by atoms with E-state index in [1.807, 2.05) is 0 Å². The summed E-state index contributed by atoms with van der Waals surface area (Å²) in [5.41, 5.74) is -1.18. The van der Waals surface area contributed by atoms with Crippen molar-refractivity contribution in [3.05, 3.63) is 39.0 Å². The standard InChI is InChI=1S/C10H10N2O5S/c1-11-6-4-3-5-7(18(15,16)17)8(6)9(13)12(2)10(11)14/h3-5H,1-2H3,(H,15,16,17). The lowest BCUT2D eigenvalue weighted by molar-refractivity contribution is 0.484. The molecule has 7 nitrogen and oxygen atoms in total. The Labute approximate surface area is 102 Å². The molecule has 0 aliphatic rings. The molecule has 0 spiro atoms. The van der Waals surface area contributed by atoms with Gasteiger partial charge >= 0.3 is 5.69 Å². The summed E-state index contributed by atoms with van der Waals surface area (Å²) in [6.45, 7) is 0. The van der Waals surface area contributed by atoms with Crippen LogP contribution in [0.2, 0.25) is 0 Å². The largest absolute Gasteiger partial charge is 0.330 e. The van der Waals surface area contributed by atoms with Crippen molar-refractivity contribution in [2.45, 2.75) is 4.90 Å². The third-order valence-corrected chi connectivity index (χ3v) is 3.63. The molecule has 0 bridgehead atoms. The first kappa shape index (κ1) is 12.5. The molecular weight excluding hydrogens is 260 g/mol. The maximum atomic E-state index is 11.9. The molecule has 0 aliphatic carbocycles. The van der Waals surface area contributed by atoms with E-state index in [1.165, 1.54) is 26.2 Å². The van der Waals surface area contributed by atoms with Crippen molar-refractivity contribution in [1.82, 2.24) is 9.13 Å². The molecule has 0 saturated carbocycles. The summed E-state index contributed by atoms with van der Waals surface area (Å²) in [5, 5.41) is -0.204. The number of fused-ring (bicyclic) bond motifs is 1. The molecule has 0 saturated heterocycles. The van der Waals surface area contributed by atoms with E-state index in [0.29, 0.717) is 0 Å². The summed E-state index contributed by atoms with van der Waals surface area (Å²) in [7, 11) is -1.87. The molecule has 2 aromatic rings. The van der Waals surface area contributed by atoms with Gasteiger partial charge in [0, 0.05) is 14.1 Å². The normalized spacial score (nSPS) is 11.9. The van der Waals surface area contributed by atoms with Crippen LogP contribution in [0, 0.1) is 0 Å². The number of aromatic nitrogens is 2. The number of benzene rings is 1. The van der Waals surface area contributed by atoms with Crippen LogP contribution in [-0.2, 0) is 24.2 Å². The number of aryl methyl sites for hydroxylation is 1. The third-order valence-electron chi connectivity index (χ3n) is 2.74. The van der Waals surface area contributed by atoms with E-state index in [2.05, 4.69) is 0 Å². The zero-order valence-electron chi connectivity index (χ0n) is 9.61. The van der Waals surface area contributed by atoms with Crippen molar-refractivity contribution < 1.29 is 13.0 Å². The van der Waals surface area contributed by atoms with Crippen LogP contribution in [-0.4, -0.2) is 22.1 Å². The minimum atomic E-state index is -4.53. The molecule has 1 N–H and O–H groups in total. The highest BCUT2D eigenvalue weighted by molar-refractivity contribution is 7.86. The Bertz CT molecular complexity index is 860. The molecule has 0 atom stereocenters. The van der Waals surface area contributed by atoms with Crippen molar-refractivity contribution in [2.24, 2.45) is 14.1 Å². The molecule has 0 aliphatic heterocycles. The summed E-state index contributed by atoms with van der Waals surface area (Å²) in [5.74, 6) is 0. The quantitative estimate of drug-likeness (QED) is 0.703. The van der Waals surface area contributed by atoms with E-state index in [1.54, 1.807) is 0 Å². The van der Waals surface area contributed by atoms with Crippen LogP contribution in [0.5, 0.6) is 0 Å². The summed E-state index contributed by atoms with van der Waals surface area (Å²) >= 11 is 0. The topological polar surface area (TPSA) is 98.4 Å². The fourth-order valence-electron chi connectivity index (χ4n) is 1.81.